The van der Waals surface area contributed by atoms with Gasteiger partial charge in [0.2, 0.25) is 0 Å². The molecular formula is C14H9BrClF2NO. The Morgan fingerprint density at radius 1 is 1.15 bits per heavy atom. The van der Waals surface area contributed by atoms with Crippen LogP contribution in [-0.4, -0.2) is 5.91 Å². The van der Waals surface area contributed by atoms with E-state index in [4.69, 9.17) is 11.6 Å². The first-order valence-corrected chi connectivity index (χ1v) is 6.81. The molecule has 6 heteroatoms. The molecule has 2 aromatic carbocycles. The van der Waals surface area contributed by atoms with E-state index in [9.17, 15) is 13.6 Å². The smallest absolute Gasteiger partial charge is 0.254 e. The van der Waals surface area contributed by atoms with Gasteiger partial charge in [0.25, 0.3) is 5.91 Å². The second-order valence-corrected chi connectivity index (χ2v) is 5.39. The van der Waals surface area contributed by atoms with Crippen molar-refractivity contribution in [2.75, 3.05) is 0 Å². The number of halogens is 4. The van der Waals surface area contributed by atoms with E-state index in [1.54, 1.807) is 12.1 Å². The third-order valence-corrected chi connectivity index (χ3v) is 3.35. The third-order valence-electron chi connectivity index (χ3n) is 2.62. The molecule has 2 nitrogen and oxygen atoms in total. The standard InChI is InChI=1S/C14H9BrClF2NO/c15-9-1-3-12(17)8(5-9)7-19-14(20)11-6-10(16)2-4-13(11)18/h1-6H,7H2,(H,19,20). The van der Waals surface area contributed by atoms with Crippen LogP contribution in [0.3, 0.4) is 0 Å². The van der Waals surface area contributed by atoms with Crippen molar-refractivity contribution >= 4 is 33.4 Å². The minimum atomic E-state index is -0.679. The maximum Gasteiger partial charge on any atom is 0.254 e. The van der Waals surface area contributed by atoms with Crippen LogP contribution in [-0.2, 0) is 6.54 Å². The number of nitrogens with one attached hydrogen (secondary N) is 1. The molecule has 0 aliphatic carbocycles. The highest BCUT2D eigenvalue weighted by Gasteiger charge is 2.13. The summed E-state index contributed by atoms with van der Waals surface area (Å²) in [6.45, 7) is -0.0456. The van der Waals surface area contributed by atoms with Crippen LogP contribution in [0.1, 0.15) is 15.9 Å². The van der Waals surface area contributed by atoms with Crippen molar-refractivity contribution in [3.63, 3.8) is 0 Å². The van der Waals surface area contributed by atoms with Crippen LogP contribution in [0.25, 0.3) is 0 Å². The summed E-state index contributed by atoms with van der Waals surface area (Å²) in [6.07, 6.45) is 0. The van der Waals surface area contributed by atoms with E-state index in [0.717, 1.165) is 6.07 Å². The van der Waals surface area contributed by atoms with Crippen LogP contribution >= 0.6 is 27.5 Å². The predicted octanol–water partition coefficient (Wildman–Crippen LogP) is 4.31. The molecule has 0 aromatic heterocycles. The average Bonchev–Trinajstić information content (AvgIpc) is 2.42. The SMILES string of the molecule is O=C(NCc1cc(Br)ccc1F)c1cc(Cl)ccc1F. The maximum absolute atomic E-state index is 13.5. The predicted molar refractivity (Wildman–Crippen MR) is 76.7 cm³/mol. The molecule has 2 rings (SSSR count). The molecule has 1 N–H and O–H groups in total. The van der Waals surface area contributed by atoms with Gasteiger partial charge in [0.05, 0.1) is 5.56 Å². The van der Waals surface area contributed by atoms with E-state index in [1.165, 1.54) is 18.2 Å². The van der Waals surface area contributed by atoms with Crippen molar-refractivity contribution in [3.05, 3.63) is 68.7 Å². The van der Waals surface area contributed by atoms with Crippen molar-refractivity contribution in [3.8, 4) is 0 Å². The van der Waals surface area contributed by atoms with Crippen LogP contribution in [0.5, 0.6) is 0 Å². The fourth-order valence-corrected chi connectivity index (χ4v) is 2.20. The van der Waals surface area contributed by atoms with E-state index in [-0.39, 0.29) is 17.1 Å². The van der Waals surface area contributed by atoms with Gasteiger partial charge in [0.15, 0.2) is 0 Å². The van der Waals surface area contributed by atoms with Gasteiger partial charge in [-0.15, -0.1) is 0 Å². The van der Waals surface area contributed by atoms with E-state index in [0.29, 0.717) is 10.0 Å². The zero-order valence-electron chi connectivity index (χ0n) is 10.1. The van der Waals surface area contributed by atoms with Crippen molar-refractivity contribution in [1.29, 1.82) is 0 Å². The lowest BCUT2D eigenvalue weighted by atomic mass is 10.1. The lowest BCUT2D eigenvalue weighted by Gasteiger charge is -2.08. The molecule has 0 saturated carbocycles. The Hall–Kier alpha value is -1.46. The summed E-state index contributed by atoms with van der Waals surface area (Å²) in [7, 11) is 0. The lowest BCUT2D eigenvalue weighted by Crippen LogP contribution is -2.24. The van der Waals surface area contributed by atoms with Gasteiger partial charge in [0.1, 0.15) is 11.6 Å². The van der Waals surface area contributed by atoms with Crippen LogP contribution in [0.4, 0.5) is 8.78 Å². The number of hydrogen-bond acceptors (Lipinski definition) is 1. The number of rotatable bonds is 3. The molecule has 20 heavy (non-hydrogen) atoms. The van der Waals surface area contributed by atoms with E-state index < -0.39 is 17.5 Å². The molecule has 104 valence electrons. The fraction of sp³-hybridized carbons (Fsp3) is 0.0714. The molecule has 0 radical (unpaired) electrons. The molecule has 2 aromatic rings. The molecule has 0 saturated heterocycles. The highest BCUT2D eigenvalue weighted by atomic mass is 79.9. The number of carbonyl (C=O) groups excluding carboxylic acids is 1. The van der Waals surface area contributed by atoms with Crippen LogP contribution in [0, 0.1) is 11.6 Å². The molecule has 0 aliphatic heterocycles. The van der Waals surface area contributed by atoms with E-state index in [2.05, 4.69) is 21.2 Å². The highest BCUT2D eigenvalue weighted by Crippen LogP contribution is 2.17. The van der Waals surface area contributed by atoms with Gasteiger partial charge < -0.3 is 5.32 Å². The summed E-state index contributed by atoms with van der Waals surface area (Å²) in [5.41, 5.74) is 0.128. The molecule has 0 heterocycles. The van der Waals surface area contributed by atoms with Crippen molar-refractivity contribution < 1.29 is 13.6 Å². The van der Waals surface area contributed by atoms with Gasteiger partial charge in [0, 0.05) is 21.6 Å². The summed E-state index contributed by atoms with van der Waals surface area (Å²) in [5, 5.41) is 2.71. The largest absolute Gasteiger partial charge is 0.348 e. The number of hydrogen-bond donors (Lipinski definition) is 1. The number of carbonyl (C=O) groups is 1. The van der Waals surface area contributed by atoms with Gasteiger partial charge in [-0.2, -0.15) is 0 Å². The molecular weight excluding hydrogens is 352 g/mol. The summed E-state index contributed by atoms with van der Waals surface area (Å²) < 4.78 is 27.7. The normalized spacial score (nSPS) is 10.4. The van der Waals surface area contributed by atoms with Gasteiger partial charge in [-0.3, -0.25) is 4.79 Å². The first-order valence-electron chi connectivity index (χ1n) is 5.64. The van der Waals surface area contributed by atoms with Gasteiger partial charge in [-0.1, -0.05) is 27.5 Å². The van der Waals surface area contributed by atoms with Crippen molar-refractivity contribution in [2.45, 2.75) is 6.54 Å². The molecule has 0 aliphatic rings. The Morgan fingerprint density at radius 2 is 1.85 bits per heavy atom. The average molecular weight is 361 g/mol. The fourth-order valence-electron chi connectivity index (χ4n) is 1.62. The molecule has 0 bridgehead atoms. The topological polar surface area (TPSA) is 29.1 Å². The third kappa shape index (κ3) is 3.55. The summed E-state index contributed by atoms with van der Waals surface area (Å²) in [6, 6.07) is 8.06. The second kappa shape index (κ2) is 6.33. The molecule has 0 spiro atoms. The molecule has 0 atom stereocenters. The Labute approximate surface area is 127 Å². The minimum absolute atomic E-state index is 0.0456. The lowest BCUT2D eigenvalue weighted by molar-refractivity contribution is 0.0946. The van der Waals surface area contributed by atoms with Crippen LogP contribution < -0.4 is 5.32 Å². The molecule has 0 unspecified atom stereocenters. The quantitative estimate of drug-likeness (QED) is 0.868. The highest BCUT2D eigenvalue weighted by molar-refractivity contribution is 9.10. The Kier molecular flexibility index (Phi) is 4.73. The first kappa shape index (κ1) is 14.9. The number of amides is 1. The molecule has 0 fully saturated rings. The zero-order chi connectivity index (χ0) is 14.7. The maximum atomic E-state index is 13.5. The van der Waals surface area contributed by atoms with Gasteiger partial charge in [-0.25, -0.2) is 8.78 Å². The second-order valence-electron chi connectivity index (χ2n) is 4.04. The Bertz CT molecular complexity index is 664. The summed E-state index contributed by atoms with van der Waals surface area (Å²) in [5.74, 6) is -1.77. The summed E-state index contributed by atoms with van der Waals surface area (Å²) >= 11 is 8.92. The van der Waals surface area contributed by atoms with Crippen molar-refractivity contribution in [1.82, 2.24) is 5.32 Å². The van der Waals surface area contributed by atoms with Crippen molar-refractivity contribution in [2.24, 2.45) is 0 Å². The minimum Gasteiger partial charge on any atom is -0.348 e. The molecule has 1 amide bonds. The van der Waals surface area contributed by atoms with Crippen LogP contribution in [0.15, 0.2) is 40.9 Å². The van der Waals surface area contributed by atoms with Crippen LogP contribution in [0.2, 0.25) is 5.02 Å². The van der Waals surface area contributed by atoms with Gasteiger partial charge >= 0.3 is 0 Å². The Balaban J connectivity index is 2.12. The van der Waals surface area contributed by atoms with E-state index in [1.807, 2.05) is 0 Å². The van der Waals surface area contributed by atoms with Gasteiger partial charge in [-0.05, 0) is 36.4 Å². The van der Waals surface area contributed by atoms with E-state index >= 15 is 0 Å². The Morgan fingerprint density at radius 3 is 2.60 bits per heavy atom. The first-order chi connectivity index (χ1) is 9.47. The summed E-state index contributed by atoms with van der Waals surface area (Å²) in [4.78, 5) is 11.8. The monoisotopic (exact) mass is 359 g/mol. The number of benzene rings is 2. The zero-order valence-corrected chi connectivity index (χ0v) is 12.4.